The van der Waals surface area contributed by atoms with Crippen molar-refractivity contribution < 1.29 is 28.3 Å². The average molecular weight is 416 g/mol. The standard InChI is InChI=1S/C18H16N4O6S/c23-15(8-20-17(25)11-2-1-3-26-11)19-9-16(24)22-18-21-10-6-12-13(7-14(10)29-18)28-5-4-27-12/h1-3,6-7H,4-5,8-9H2,(H,19,23)(H,20,25)(H,21,22,24). The van der Waals surface area contributed by atoms with Gasteiger partial charge in [-0.1, -0.05) is 11.3 Å². The Kier molecular flexibility index (Phi) is 5.29. The van der Waals surface area contributed by atoms with Gasteiger partial charge >= 0.3 is 0 Å². The molecule has 1 aliphatic rings. The quantitative estimate of drug-likeness (QED) is 0.549. The van der Waals surface area contributed by atoms with Gasteiger partial charge in [0.15, 0.2) is 22.4 Å². The smallest absolute Gasteiger partial charge is 0.287 e. The van der Waals surface area contributed by atoms with Crippen molar-refractivity contribution in [2.45, 2.75) is 0 Å². The van der Waals surface area contributed by atoms with E-state index < -0.39 is 17.7 Å². The summed E-state index contributed by atoms with van der Waals surface area (Å²) < 4.78 is 16.8. The normalized spacial score (nSPS) is 12.4. The molecule has 0 fully saturated rings. The molecule has 3 amide bonds. The lowest BCUT2D eigenvalue weighted by atomic mass is 10.3. The summed E-state index contributed by atoms with van der Waals surface area (Å²) in [6.07, 6.45) is 1.36. The first-order valence-electron chi connectivity index (χ1n) is 8.67. The van der Waals surface area contributed by atoms with Crippen LogP contribution < -0.4 is 25.4 Å². The number of amides is 3. The second-order valence-electron chi connectivity index (χ2n) is 5.97. The molecule has 0 unspecified atom stereocenters. The summed E-state index contributed by atoms with van der Waals surface area (Å²) in [4.78, 5) is 39.9. The second-order valence-corrected chi connectivity index (χ2v) is 7.00. The average Bonchev–Trinajstić information content (AvgIpc) is 3.38. The monoisotopic (exact) mass is 416 g/mol. The molecule has 0 bridgehead atoms. The van der Waals surface area contributed by atoms with Gasteiger partial charge < -0.3 is 29.8 Å². The topological polar surface area (TPSA) is 132 Å². The van der Waals surface area contributed by atoms with Gasteiger partial charge in [0.05, 0.1) is 29.6 Å². The fourth-order valence-electron chi connectivity index (χ4n) is 2.58. The molecule has 0 aliphatic carbocycles. The van der Waals surface area contributed by atoms with Crippen LogP contribution in [-0.2, 0) is 9.59 Å². The molecule has 2 aromatic heterocycles. The van der Waals surface area contributed by atoms with E-state index in [0.29, 0.717) is 35.4 Å². The highest BCUT2D eigenvalue weighted by Crippen LogP contribution is 2.37. The Balaban J connectivity index is 1.27. The molecule has 1 aromatic carbocycles. The highest BCUT2D eigenvalue weighted by atomic mass is 32.1. The van der Waals surface area contributed by atoms with Crippen molar-refractivity contribution in [1.29, 1.82) is 0 Å². The summed E-state index contributed by atoms with van der Waals surface area (Å²) in [6.45, 7) is 0.435. The van der Waals surface area contributed by atoms with Crippen molar-refractivity contribution in [1.82, 2.24) is 15.6 Å². The van der Waals surface area contributed by atoms with Gasteiger partial charge in [-0.3, -0.25) is 14.4 Å². The van der Waals surface area contributed by atoms with Gasteiger partial charge in [-0.2, -0.15) is 0 Å². The van der Waals surface area contributed by atoms with Crippen molar-refractivity contribution in [3.05, 3.63) is 36.3 Å². The summed E-state index contributed by atoms with van der Waals surface area (Å²) >= 11 is 1.29. The predicted molar refractivity (Wildman–Crippen MR) is 103 cm³/mol. The number of aromatic nitrogens is 1. The maximum absolute atomic E-state index is 12.1. The van der Waals surface area contributed by atoms with E-state index in [-0.39, 0.29) is 18.8 Å². The Labute approximate surface area is 168 Å². The van der Waals surface area contributed by atoms with Crippen LogP contribution in [0.3, 0.4) is 0 Å². The van der Waals surface area contributed by atoms with Crippen LogP contribution in [0.5, 0.6) is 11.5 Å². The van der Waals surface area contributed by atoms with Crippen LogP contribution in [-0.4, -0.2) is 49.0 Å². The van der Waals surface area contributed by atoms with Crippen molar-refractivity contribution in [2.75, 3.05) is 31.6 Å². The summed E-state index contributed by atoms with van der Waals surface area (Å²) in [5.41, 5.74) is 0.680. The molecule has 3 heterocycles. The van der Waals surface area contributed by atoms with E-state index in [4.69, 9.17) is 13.9 Å². The molecule has 1 aliphatic heterocycles. The van der Waals surface area contributed by atoms with Gasteiger partial charge in [-0.15, -0.1) is 0 Å². The van der Waals surface area contributed by atoms with Crippen LogP contribution >= 0.6 is 11.3 Å². The molecule has 0 radical (unpaired) electrons. The molecular weight excluding hydrogens is 400 g/mol. The van der Waals surface area contributed by atoms with Gasteiger partial charge in [0, 0.05) is 12.1 Å². The molecule has 3 aromatic rings. The number of nitrogens with zero attached hydrogens (tertiary/aromatic N) is 1. The van der Waals surface area contributed by atoms with Crippen LogP contribution in [0.4, 0.5) is 5.13 Å². The van der Waals surface area contributed by atoms with E-state index in [9.17, 15) is 14.4 Å². The maximum Gasteiger partial charge on any atom is 0.287 e. The Morgan fingerprint density at radius 3 is 2.55 bits per heavy atom. The van der Waals surface area contributed by atoms with Crippen LogP contribution in [0.25, 0.3) is 10.2 Å². The fraction of sp³-hybridized carbons (Fsp3) is 0.222. The lowest BCUT2D eigenvalue weighted by molar-refractivity contribution is -0.123. The number of furan rings is 1. The molecule has 0 saturated heterocycles. The number of rotatable bonds is 6. The zero-order valence-corrected chi connectivity index (χ0v) is 15.8. The van der Waals surface area contributed by atoms with Gasteiger partial charge in [0.2, 0.25) is 11.8 Å². The SMILES string of the molecule is O=C(CNC(=O)c1ccco1)NCC(=O)Nc1nc2cc3c(cc2s1)OCCO3. The summed E-state index contributed by atoms with van der Waals surface area (Å²) in [5.74, 6) is -0.0909. The van der Waals surface area contributed by atoms with Gasteiger partial charge in [0.1, 0.15) is 13.2 Å². The molecule has 150 valence electrons. The van der Waals surface area contributed by atoms with E-state index in [1.807, 2.05) is 6.07 Å². The molecule has 3 N–H and O–H groups in total. The minimum Gasteiger partial charge on any atom is -0.486 e. The number of benzene rings is 1. The molecular formula is C18H16N4O6S. The van der Waals surface area contributed by atoms with Crippen molar-refractivity contribution in [3.63, 3.8) is 0 Å². The third kappa shape index (κ3) is 4.46. The number of thiazole rings is 1. The highest BCUT2D eigenvalue weighted by molar-refractivity contribution is 7.22. The lowest BCUT2D eigenvalue weighted by Crippen LogP contribution is -2.40. The largest absolute Gasteiger partial charge is 0.486 e. The van der Waals surface area contributed by atoms with E-state index in [1.54, 1.807) is 12.1 Å². The number of carbonyl (C=O) groups excluding carboxylic acids is 3. The zero-order valence-electron chi connectivity index (χ0n) is 15.0. The Hall–Kier alpha value is -3.60. The first-order chi connectivity index (χ1) is 14.1. The third-order valence-electron chi connectivity index (χ3n) is 3.90. The first kappa shape index (κ1) is 18.7. The molecule has 0 atom stereocenters. The number of ether oxygens (including phenoxy) is 2. The van der Waals surface area contributed by atoms with Crippen LogP contribution in [0.15, 0.2) is 34.9 Å². The maximum atomic E-state index is 12.1. The number of nitrogens with one attached hydrogen (secondary N) is 3. The van der Waals surface area contributed by atoms with E-state index in [0.717, 1.165) is 4.70 Å². The third-order valence-corrected chi connectivity index (χ3v) is 4.83. The number of anilines is 1. The molecule has 11 heteroatoms. The predicted octanol–water partition coefficient (Wildman–Crippen LogP) is 1.15. The molecule has 0 saturated carbocycles. The second kappa shape index (κ2) is 8.19. The van der Waals surface area contributed by atoms with Crippen molar-refractivity contribution in [2.24, 2.45) is 0 Å². The van der Waals surface area contributed by atoms with Crippen molar-refractivity contribution >= 4 is 44.4 Å². The van der Waals surface area contributed by atoms with Gasteiger partial charge in [-0.05, 0) is 12.1 Å². The van der Waals surface area contributed by atoms with Gasteiger partial charge in [0.25, 0.3) is 5.91 Å². The Morgan fingerprint density at radius 2 is 1.79 bits per heavy atom. The number of hydrogen-bond donors (Lipinski definition) is 3. The minimum absolute atomic E-state index is 0.101. The molecule has 29 heavy (non-hydrogen) atoms. The van der Waals surface area contributed by atoms with Crippen LogP contribution in [0, 0.1) is 0 Å². The van der Waals surface area contributed by atoms with Crippen molar-refractivity contribution in [3.8, 4) is 11.5 Å². The van der Waals surface area contributed by atoms with Crippen LogP contribution in [0.2, 0.25) is 0 Å². The highest BCUT2D eigenvalue weighted by Gasteiger charge is 2.16. The molecule has 10 nitrogen and oxygen atoms in total. The summed E-state index contributed by atoms with van der Waals surface area (Å²) in [5, 5.41) is 7.85. The van der Waals surface area contributed by atoms with E-state index >= 15 is 0 Å². The minimum atomic E-state index is -0.514. The number of hydrogen-bond acceptors (Lipinski definition) is 8. The number of fused-ring (bicyclic) bond motifs is 2. The first-order valence-corrected chi connectivity index (χ1v) is 9.48. The van der Waals surface area contributed by atoms with E-state index in [2.05, 4.69) is 20.9 Å². The van der Waals surface area contributed by atoms with E-state index in [1.165, 1.54) is 23.7 Å². The summed E-state index contributed by atoms with van der Waals surface area (Å²) in [7, 11) is 0. The summed E-state index contributed by atoms with van der Waals surface area (Å²) in [6, 6.07) is 6.63. The number of carbonyl (C=O) groups is 3. The Morgan fingerprint density at radius 1 is 1.03 bits per heavy atom. The molecule has 4 rings (SSSR count). The Bertz CT molecular complexity index is 1020. The van der Waals surface area contributed by atoms with Crippen LogP contribution in [0.1, 0.15) is 10.6 Å². The fourth-order valence-corrected chi connectivity index (χ4v) is 3.47. The lowest BCUT2D eigenvalue weighted by Gasteiger charge is -2.17. The molecule has 0 spiro atoms. The zero-order chi connectivity index (χ0) is 20.2. The van der Waals surface area contributed by atoms with Gasteiger partial charge in [-0.25, -0.2) is 4.98 Å².